The summed E-state index contributed by atoms with van der Waals surface area (Å²) in [6, 6.07) is 3.28. The molecule has 0 radical (unpaired) electrons. The van der Waals surface area contributed by atoms with E-state index in [0.717, 1.165) is 37.7 Å². The van der Waals surface area contributed by atoms with Crippen molar-refractivity contribution in [2.75, 3.05) is 0 Å². The van der Waals surface area contributed by atoms with Gasteiger partial charge < -0.3 is 14.6 Å². The standard InChI is InChI=1S/C24H32O5/c1-22-8-7-17-16(6-10-24(28)12-15(25)5-9-23(17,24)2)21(22)19(26)11-18(22)14-3-4-20(27)29-13-14/h3-4,13,15-18,21,25,28H,5-12H2,1-2H3. The molecule has 8 atom stereocenters. The summed E-state index contributed by atoms with van der Waals surface area (Å²) in [5.41, 5.74) is -0.570. The van der Waals surface area contributed by atoms with E-state index in [1.54, 1.807) is 6.26 Å². The third kappa shape index (κ3) is 2.59. The predicted octanol–water partition coefficient (Wildman–Crippen LogP) is 3.42. The van der Waals surface area contributed by atoms with Crippen molar-refractivity contribution in [3.63, 3.8) is 0 Å². The highest BCUT2D eigenvalue weighted by molar-refractivity contribution is 5.86. The molecular weight excluding hydrogens is 368 g/mol. The van der Waals surface area contributed by atoms with Crippen LogP contribution < -0.4 is 5.63 Å². The van der Waals surface area contributed by atoms with Crippen LogP contribution in [0, 0.1) is 28.6 Å². The lowest BCUT2D eigenvalue weighted by atomic mass is 9.43. The number of rotatable bonds is 1. The summed E-state index contributed by atoms with van der Waals surface area (Å²) >= 11 is 0. The van der Waals surface area contributed by atoms with Gasteiger partial charge in [-0.2, -0.15) is 0 Å². The van der Waals surface area contributed by atoms with Crippen molar-refractivity contribution < 1.29 is 19.4 Å². The van der Waals surface area contributed by atoms with Crippen LogP contribution in [0.5, 0.6) is 0 Å². The molecular formula is C24H32O5. The van der Waals surface area contributed by atoms with Crippen molar-refractivity contribution in [1.82, 2.24) is 0 Å². The Balaban J connectivity index is 1.50. The van der Waals surface area contributed by atoms with Crippen molar-refractivity contribution in [1.29, 1.82) is 0 Å². The number of aliphatic hydroxyl groups is 2. The van der Waals surface area contributed by atoms with Crippen LogP contribution >= 0.6 is 0 Å². The number of Topliss-reactive ketones (excluding diaryl/α,β-unsaturated/α-hetero) is 1. The Labute approximate surface area is 171 Å². The Kier molecular flexibility index (Phi) is 4.22. The van der Waals surface area contributed by atoms with Crippen LogP contribution in [-0.2, 0) is 4.79 Å². The summed E-state index contributed by atoms with van der Waals surface area (Å²) in [5.74, 6) is 1.05. The van der Waals surface area contributed by atoms with E-state index in [1.165, 1.54) is 6.07 Å². The normalized spacial score (nSPS) is 49.2. The van der Waals surface area contributed by atoms with E-state index in [9.17, 15) is 19.8 Å². The van der Waals surface area contributed by atoms with Crippen LogP contribution in [0.25, 0.3) is 0 Å². The zero-order valence-corrected chi connectivity index (χ0v) is 17.4. The second-order valence-electron chi connectivity index (χ2n) is 10.8. The van der Waals surface area contributed by atoms with Gasteiger partial charge in [0.2, 0.25) is 0 Å². The molecule has 4 aliphatic rings. The zero-order valence-electron chi connectivity index (χ0n) is 17.4. The number of hydrogen-bond donors (Lipinski definition) is 2. The Morgan fingerprint density at radius 3 is 2.59 bits per heavy atom. The van der Waals surface area contributed by atoms with Gasteiger partial charge in [-0.05, 0) is 78.7 Å². The summed E-state index contributed by atoms with van der Waals surface area (Å²) in [6.45, 7) is 4.46. The number of aliphatic hydroxyl groups excluding tert-OH is 1. The van der Waals surface area contributed by atoms with Crippen molar-refractivity contribution in [2.45, 2.75) is 82.8 Å². The van der Waals surface area contributed by atoms with Gasteiger partial charge in [0.05, 0.1) is 18.0 Å². The lowest BCUT2D eigenvalue weighted by Crippen LogP contribution is -2.63. The van der Waals surface area contributed by atoms with Gasteiger partial charge in [-0.1, -0.05) is 13.8 Å². The maximum absolute atomic E-state index is 13.3. The molecule has 5 heteroatoms. The molecule has 2 N–H and O–H groups in total. The van der Waals surface area contributed by atoms with Crippen molar-refractivity contribution in [3.8, 4) is 0 Å². The number of hydrogen-bond acceptors (Lipinski definition) is 5. The minimum Gasteiger partial charge on any atom is -0.431 e. The molecule has 29 heavy (non-hydrogen) atoms. The van der Waals surface area contributed by atoms with E-state index >= 15 is 0 Å². The molecule has 0 aromatic carbocycles. The van der Waals surface area contributed by atoms with E-state index in [2.05, 4.69) is 13.8 Å². The number of carbonyl (C=O) groups is 1. The Hall–Kier alpha value is -1.46. The number of fused-ring (bicyclic) bond motifs is 5. The Morgan fingerprint density at radius 2 is 1.86 bits per heavy atom. The van der Waals surface area contributed by atoms with Gasteiger partial charge in [0.15, 0.2) is 0 Å². The third-order valence-corrected chi connectivity index (χ3v) is 9.67. The highest BCUT2D eigenvalue weighted by Gasteiger charge is 2.66. The first kappa shape index (κ1) is 19.5. The van der Waals surface area contributed by atoms with Crippen molar-refractivity contribution in [2.24, 2.45) is 28.6 Å². The fourth-order valence-corrected chi connectivity index (χ4v) is 8.09. The van der Waals surface area contributed by atoms with Gasteiger partial charge >= 0.3 is 5.63 Å². The summed E-state index contributed by atoms with van der Waals surface area (Å²) in [6.07, 6.45) is 7.16. The molecule has 1 heterocycles. The topological polar surface area (TPSA) is 87.7 Å². The molecule has 0 amide bonds. The minimum atomic E-state index is -0.816. The van der Waals surface area contributed by atoms with Gasteiger partial charge in [0.25, 0.3) is 0 Å². The third-order valence-electron chi connectivity index (χ3n) is 9.67. The molecule has 4 saturated carbocycles. The molecule has 1 aromatic rings. The smallest absolute Gasteiger partial charge is 0.335 e. The van der Waals surface area contributed by atoms with Crippen molar-refractivity contribution in [3.05, 3.63) is 34.4 Å². The molecule has 1 aromatic heterocycles. The molecule has 158 valence electrons. The molecule has 0 saturated heterocycles. The highest BCUT2D eigenvalue weighted by Crippen LogP contribution is 2.68. The van der Waals surface area contributed by atoms with E-state index in [-0.39, 0.29) is 28.3 Å². The van der Waals surface area contributed by atoms with Crippen LogP contribution in [0.2, 0.25) is 0 Å². The van der Waals surface area contributed by atoms with Gasteiger partial charge in [0, 0.05) is 24.8 Å². The van der Waals surface area contributed by atoms with Crippen LogP contribution in [0.3, 0.4) is 0 Å². The molecule has 0 bridgehead atoms. The first-order valence-electron chi connectivity index (χ1n) is 11.2. The van der Waals surface area contributed by atoms with Crippen LogP contribution in [0.15, 0.2) is 27.6 Å². The molecule has 8 unspecified atom stereocenters. The Bertz CT molecular complexity index is 871. The largest absolute Gasteiger partial charge is 0.431 e. The minimum absolute atomic E-state index is 0.00593. The first-order chi connectivity index (χ1) is 13.7. The lowest BCUT2D eigenvalue weighted by molar-refractivity contribution is -0.217. The molecule has 4 fully saturated rings. The maximum atomic E-state index is 13.3. The SMILES string of the molecule is CC12CCC3C(CCC4(O)CC(O)CCC34C)C1C(=O)CC2c1ccc(=O)oc1. The molecule has 0 spiro atoms. The van der Waals surface area contributed by atoms with Crippen LogP contribution in [0.1, 0.15) is 76.7 Å². The van der Waals surface area contributed by atoms with Crippen LogP contribution in [0.4, 0.5) is 0 Å². The monoisotopic (exact) mass is 400 g/mol. The van der Waals surface area contributed by atoms with E-state index in [4.69, 9.17) is 4.42 Å². The summed E-state index contributed by atoms with van der Waals surface area (Å²) in [4.78, 5) is 24.7. The number of ketones is 1. The van der Waals surface area contributed by atoms with Gasteiger partial charge in [0.1, 0.15) is 5.78 Å². The predicted molar refractivity (Wildman–Crippen MR) is 107 cm³/mol. The second kappa shape index (κ2) is 6.27. The average Bonchev–Trinajstić information content (AvgIpc) is 2.94. The maximum Gasteiger partial charge on any atom is 0.335 e. The molecule has 0 aliphatic heterocycles. The van der Waals surface area contributed by atoms with E-state index in [0.29, 0.717) is 36.9 Å². The molecule has 5 nitrogen and oxygen atoms in total. The first-order valence-corrected chi connectivity index (χ1v) is 11.2. The van der Waals surface area contributed by atoms with Gasteiger partial charge in [-0.15, -0.1) is 0 Å². The molecule has 4 aliphatic carbocycles. The summed E-state index contributed by atoms with van der Waals surface area (Å²) in [5, 5.41) is 21.7. The highest BCUT2D eigenvalue weighted by atomic mass is 16.4. The number of carbonyl (C=O) groups excluding carboxylic acids is 1. The van der Waals surface area contributed by atoms with E-state index in [1.807, 2.05) is 6.07 Å². The van der Waals surface area contributed by atoms with Crippen molar-refractivity contribution >= 4 is 5.78 Å². The fourth-order valence-electron chi connectivity index (χ4n) is 8.09. The lowest BCUT2D eigenvalue weighted by Gasteiger charge is -2.63. The molecule has 5 rings (SSSR count). The summed E-state index contributed by atoms with van der Waals surface area (Å²) < 4.78 is 5.12. The summed E-state index contributed by atoms with van der Waals surface area (Å²) in [7, 11) is 0. The average molecular weight is 401 g/mol. The second-order valence-corrected chi connectivity index (χ2v) is 10.8. The van der Waals surface area contributed by atoms with Gasteiger partial charge in [-0.25, -0.2) is 4.79 Å². The zero-order chi connectivity index (χ0) is 20.6. The Morgan fingerprint density at radius 1 is 1.07 bits per heavy atom. The quantitative estimate of drug-likeness (QED) is 0.754. The van der Waals surface area contributed by atoms with E-state index < -0.39 is 11.7 Å². The fraction of sp³-hybridized carbons (Fsp3) is 0.750. The van der Waals surface area contributed by atoms with Gasteiger partial charge in [-0.3, -0.25) is 4.79 Å². The van der Waals surface area contributed by atoms with Crippen LogP contribution in [-0.4, -0.2) is 27.7 Å².